The van der Waals surface area contributed by atoms with Gasteiger partial charge in [0.2, 0.25) is 5.88 Å². The summed E-state index contributed by atoms with van der Waals surface area (Å²) < 4.78 is 7.43. The number of carbonyl (C=O) groups excluding carboxylic acids is 1. The van der Waals surface area contributed by atoms with Gasteiger partial charge in [-0.3, -0.25) is 4.79 Å². The number of hydrogen-bond acceptors (Lipinski definition) is 4. The van der Waals surface area contributed by atoms with E-state index in [4.69, 9.17) is 16.3 Å². The zero-order valence-electron chi connectivity index (χ0n) is 13.9. The van der Waals surface area contributed by atoms with Gasteiger partial charge in [-0.15, -0.1) is 0 Å². The standard InChI is InChI=1S/C18H17ClN4O2/c1-10-20-9-13-14(5-6-25-18(13)21-10)22-17(24)16-7-11-3-4-12(19)8-15(11)23(16)2/h3-4,7-9,14H,5-6H2,1-2H3,(H,22,24). The second kappa shape index (κ2) is 6.04. The number of hydrogen-bond donors (Lipinski definition) is 1. The number of fused-ring (bicyclic) bond motifs is 2. The molecule has 7 heteroatoms. The van der Waals surface area contributed by atoms with E-state index < -0.39 is 0 Å². The van der Waals surface area contributed by atoms with E-state index >= 15 is 0 Å². The van der Waals surface area contributed by atoms with Crippen LogP contribution in [0.4, 0.5) is 0 Å². The Labute approximate surface area is 149 Å². The van der Waals surface area contributed by atoms with Gasteiger partial charge in [0.05, 0.1) is 18.2 Å². The molecule has 3 aromatic rings. The van der Waals surface area contributed by atoms with Gasteiger partial charge in [0, 0.05) is 35.6 Å². The smallest absolute Gasteiger partial charge is 0.268 e. The van der Waals surface area contributed by atoms with Crippen molar-refractivity contribution in [1.29, 1.82) is 0 Å². The maximum Gasteiger partial charge on any atom is 0.268 e. The number of ether oxygens (including phenoxy) is 1. The first-order chi connectivity index (χ1) is 12.0. The predicted molar refractivity (Wildman–Crippen MR) is 95.0 cm³/mol. The SMILES string of the molecule is Cc1ncc2c(n1)OCCC2NC(=O)c1cc2ccc(Cl)cc2n1C. The van der Waals surface area contributed by atoms with Crippen LogP contribution in [-0.2, 0) is 7.05 Å². The maximum absolute atomic E-state index is 12.8. The fraction of sp³-hybridized carbons (Fsp3) is 0.278. The monoisotopic (exact) mass is 356 g/mol. The van der Waals surface area contributed by atoms with Crippen molar-refractivity contribution in [3.63, 3.8) is 0 Å². The van der Waals surface area contributed by atoms with Gasteiger partial charge in [-0.05, 0) is 25.1 Å². The third kappa shape index (κ3) is 2.82. The van der Waals surface area contributed by atoms with Crippen molar-refractivity contribution in [2.45, 2.75) is 19.4 Å². The number of aromatic nitrogens is 3. The van der Waals surface area contributed by atoms with Crippen molar-refractivity contribution in [1.82, 2.24) is 19.9 Å². The summed E-state index contributed by atoms with van der Waals surface area (Å²) in [7, 11) is 1.86. The van der Waals surface area contributed by atoms with Gasteiger partial charge in [0.25, 0.3) is 5.91 Å². The predicted octanol–water partition coefficient (Wildman–Crippen LogP) is 3.18. The topological polar surface area (TPSA) is 69.0 Å². The Hall–Kier alpha value is -2.60. The molecule has 0 spiro atoms. The molecule has 1 N–H and O–H groups in total. The summed E-state index contributed by atoms with van der Waals surface area (Å²) in [6.07, 6.45) is 2.41. The van der Waals surface area contributed by atoms with E-state index in [2.05, 4.69) is 15.3 Å². The summed E-state index contributed by atoms with van der Waals surface area (Å²) >= 11 is 6.06. The van der Waals surface area contributed by atoms with Crippen LogP contribution >= 0.6 is 11.6 Å². The van der Waals surface area contributed by atoms with E-state index in [0.717, 1.165) is 16.5 Å². The first-order valence-electron chi connectivity index (χ1n) is 8.05. The Balaban J connectivity index is 1.64. The van der Waals surface area contributed by atoms with Crippen molar-refractivity contribution >= 4 is 28.4 Å². The summed E-state index contributed by atoms with van der Waals surface area (Å²) in [5.41, 5.74) is 2.31. The van der Waals surface area contributed by atoms with E-state index in [-0.39, 0.29) is 11.9 Å². The quantitative estimate of drug-likeness (QED) is 0.765. The number of nitrogens with one attached hydrogen (secondary N) is 1. The molecule has 0 saturated carbocycles. The van der Waals surface area contributed by atoms with E-state index in [9.17, 15) is 4.79 Å². The second-order valence-corrected chi connectivity index (χ2v) is 6.57. The largest absolute Gasteiger partial charge is 0.477 e. The summed E-state index contributed by atoms with van der Waals surface area (Å²) in [5, 5.41) is 4.69. The molecular formula is C18H17ClN4O2. The molecule has 25 heavy (non-hydrogen) atoms. The molecule has 1 unspecified atom stereocenters. The number of benzene rings is 1. The highest BCUT2D eigenvalue weighted by molar-refractivity contribution is 6.31. The Morgan fingerprint density at radius 1 is 1.40 bits per heavy atom. The number of carbonyl (C=O) groups is 1. The molecule has 1 aliphatic rings. The average Bonchev–Trinajstić information content (AvgIpc) is 2.91. The molecule has 6 nitrogen and oxygen atoms in total. The molecule has 4 rings (SSSR count). The van der Waals surface area contributed by atoms with Crippen molar-refractivity contribution in [2.75, 3.05) is 6.61 Å². The fourth-order valence-electron chi connectivity index (χ4n) is 3.15. The molecule has 2 aromatic heterocycles. The minimum atomic E-state index is -0.168. The highest BCUT2D eigenvalue weighted by Crippen LogP contribution is 2.30. The number of halogens is 1. The lowest BCUT2D eigenvalue weighted by Crippen LogP contribution is -2.33. The second-order valence-electron chi connectivity index (χ2n) is 6.13. The lowest BCUT2D eigenvalue weighted by Gasteiger charge is -2.25. The molecule has 0 radical (unpaired) electrons. The van der Waals surface area contributed by atoms with Gasteiger partial charge >= 0.3 is 0 Å². The van der Waals surface area contributed by atoms with Crippen LogP contribution in [0, 0.1) is 6.92 Å². The molecule has 0 bridgehead atoms. The van der Waals surface area contributed by atoms with Crippen LogP contribution in [-0.4, -0.2) is 27.0 Å². The third-order valence-corrected chi connectivity index (χ3v) is 4.70. The van der Waals surface area contributed by atoms with Crippen LogP contribution in [0.15, 0.2) is 30.5 Å². The van der Waals surface area contributed by atoms with Crippen molar-refractivity contribution < 1.29 is 9.53 Å². The summed E-state index contributed by atoms with van der Waals surface area (Å²) in [6.45, 7) is 2.33. The van der Waals surface area contributed by atoms with Crippen molar-refractivity contribution in [2.24, 2.45) is 7.05 Å². The van der Waals surface area contributed by atoms with Crippen LogP contribution in [0.1, 0.15) is 34.3 Å². The minimum Gasteiger partial charge on any atom is -0.477 e. The number of aryl methyl sites for hydroxylation is 2. The minimum absolute atomic E-state index is 0.145. The van der Waals surface area contributed by atoms with Crippen LogP contribution in [0.2, 0.25) is 5.02 Å². The number of rotatable bonds is 2. The molecule has 1 aliphatic heterocycles. The summed E-state index contributed by atoms with van der Waals surface area (Å²) in [4.78, 5) is 21.3. The van der Waals surface area contributed by atoms with E-state index in [0.29, 0.717) is 35.4 Å². The molecule has 3 heterocycles. The van der Waals surface area contributed by atoms with Crippen LogP contribution in [0.5, 0.6) is 5.88 Å². The van der Waals surface area contributed by atoms with Crippen molar-refractivity contribution in [3.05, 3.63) is 52.6 Å². The van der Waals surface area contributed by atoms with Crippen molar-refractivity contribution in [3.8, 4) is 5.88 Å². The average molecular weight is 357 g/mol. The molecule has 0 fully saturated rings. The summed E-state index contributed by atoms with van der Waals surface area (Å²) in [6, 6.07) is 7.29. The van der Waals surface area contributed by atoms with E-state index in [1.807, 2.05) is 42.8 Å². The van der Waals surface area contributed by atoms with Gasteiger partial charge in [0.1, 0.15) is 11.5 Å². The molecule has 128 valence electrons. The van der Waals surface area contributed by atoms with Crippen LogP contribution in [0.3, 0.4) is 0 Å². The van der Waals surface area contributed by atoms with Crippen LogP contribution < -0.4 is 10.1 Å². The third-order valence-electron chi connectivity index (χ3n) is 4.47. The Morgan fingerprint density at radius 3 is 3.08 bits per heavy atom. The Morgan fingerprint density at radius 2 is 2.24 bits per heavy atom. The summed E-state index contributed by atoms with van der Waals surface area (Å²) in [5.74, 6) is 1.05. The van der Waals surface area contributed by atoms with Gasteiger partial charge in [-0.25, -0.2) is 4.98 Å². The maximum atomic E-state index is 12.8. The zero-order chi connectivity index (χ0) is 17.6. The fourth-order valence-corrected chi connectivity index (χ4v) is 3.31. The lowest BCUT2D eigenvalue weighted by molar-refractivity contribution is 0.0916. The Bertz CT molecular complexity index is 983. The molecule has 1 aromatic carbocycles. The zero-order valence-corrected chi connectivity index (χ0v) is 14.7. The Kier molecular flexibility index (Phi) is 3.84. The number of amides is 1. The van der Waals surface area contributed by atoms with Gasteiger partial charge in [-0.2, -0.15) is 4.98 Å². The van der Waals surface area contributed by atoms with Crippen LogP contribution in [0.25, 0.3) is 10.9 Å². The van der Waals surface area contributed by atoms with E-state index in [1.54, 1.807) is 6.20 Å². The van der Waals surface area contributed by atoms with Gasteiger partial charge in [0.15, 0.2) is 0 Å². The molecule has 0 saturated heterocycles. The first-order valence-corrected chi connectivity index (χ1v) is 8.43. The molecule has 1 amide bonds. The molecule has 0 aliphatic carbocycles. The molecule has 1 atom stereocenters. The normalized spacial score (nSPS) is 16.4. The van der Waals surface area contributed by atoms with Gasteiger partial charge in [-0.1, -0.05) is 17.7 Å². The first kappa shape index (κ1) is 15.9. The molecular weight excluding hydrogens is 340 g/mol. The number of nitrogens with zero attached hydrogens (tertiary/aromatic N) is 3. The van der Waals surface area contributed by atoms with E-state index in [1.165, 1.54) is 0 Å². The highest BCUT2D eigenvalue weighted by Gasteiger charge is 2.26. The highest BCUT2D eigenvalue weighted by atomic mass is 35.5. The van der Waals surface area contributed by atoms with Gasteiger partial charge < -0.3 is 14.6 Å². The lowest BCUT2D eigenvalue weighted by atomic mass is 10.0.